The SMILES string of the molecule is CCc1nnsc1C(=O)NC(C)c1cc(OC)c(OC)cc1C. The van der Waals surface area contributed by atoms with E-state index in [0.29, 0.717) is 22.8 Å². The predicted molar refractivity (Wildman–Crippen MR) is 89.5 cm³/mol. The van der Waals surface area contributed by atoms with Gasteiger partial charge in [-0.25, -0.2) is 0 Å². The Morgan fingerprint density at radius 3 is 2.57 bits per heavy atom. The topological polar surface area (TPSA) is 73.3 Å². The van der Waals surface area contributed by atoms with Gasteiger partial charge in [-0.3, -0.25) is 4.79 Å². The van der Waals surface area contributed by atoms with Crippen LogP contribution < -0.4 is 14.8 Å². The average Bonchev–Trinajstić information content (AvgIpc) is 3.02. The Kier molecular flexibility index (Phi) is 5.54. The molecule has 0 aliphatic carbocycles. The van der Waals surface area contributed by atoms with Crippen LogP contribution in [0.1, 0.15) is 46.4 Å². The molecule has 0 fully saturated rings. The molecule has 1 unspecified atom stereocenters. The summed E-state index contributed by atoms with van der Waals surface area (Å²) in [6, 6.07) is 3.63. The van der Waals surface area contributed by atoms with Crippen LogP contribution in [0.5, 0.6) is 11.5 Å². The minimum absolute atomic E-state index is 0.154. The number of nitrogens with zero attached hydrogens (tertiary/aromatic N) is 2. The molecule has 1 aromatic carbocycles. The second kappa shape index (κ2) is 7.41. The monoisotopic (exact) mass is 335 g/mol. The van der Waals surface area contributed by atoms with Crippen LogP contribution >= 0.6 is 11.5 Å². The maximum absolute atomic E-state index is 12.4. The van der Waals surface area contributed by atoms with Crippen molar-refractivity contribution in [2.75, 3.05) is 14.2 Å². The number of ether oxygens (including phenoxy) is 2. The van der Waals surface area contributed by atoms with Crippen molar-refractivity contribution in [2.45, 2.75) is 33.2 Å². The summed E-state index contributed by atoms with van der Waals surface area (Å²) in [5.41, 5.74) is 2.73. The van der Waals surface area contributed by atoms with Gasteiger partial charge < -0.3 is 14.8 Å². The molecule has 0 aliphatic rings. The first-order valence-corrected chi connectivity index (χ1v) is 8.13. The van der Waals surface area contributed by atoms with Crippen molar-refractivity contribution in [2.24, 2.45) is 0 Å². The molecular weight excluding hydrogens is 314 g/mol. The molecule has 1 atom stereocenters. The summed E-state index contributed by atoms with van der Waals surface area (Å²) in [5.74, 6) is 1.16. The lowest BCUT2D eigenvalue weighted by Crippen LogP contribution is -2.27. The van der Waals surface area contributed by atoms with Gasteiger partial charge in [0.2, 0.25) is 0 Å². The van der Waals surface area contributed by atoms with Crippen LogP contribution in [0, 0.1) is 6.92 Å². The first-order valence-electron chi connectivity index (χ1n) is 7.36. The molecule has 2 aromatic rings. The molecule has 0 radical (unpaired) electrons. The lowest BCUT2D eigenvalue weighted by atomic mass is 10.0. The molecule has 1 heterocycles. The number of amides is 1. The maximum Gasteiger partial charge on any atom is 0.265 e. The van der Waals surface area contributed by atoms with Gasteiger partial charge in [-0.15, -0.1) is 5.10 Å². The van der Waals surface area contributed by atoms with Gasteiger partial charge in [-0.2, -0.15) is 0 Å². The van der Waals surface area contributed by atoms with Crippen molar-refractivity contribution in [3.63, 3.8) is 0 Å². The number of hydrogen-bond donors (Lipinski definition) is 1. The molecule has 1 aromatic heterocycles. The number of aromatic nitrogens is 2. The Morgan fingerprint density at radius 1 is 1.30 bits per heavy atom. The zero-order valence-corrected chi connectivity index (χ0v) is 14.8. The van der Waals surface area contributed by atoms with Gasteiger partial charge in [0, 0.05) is 0 Å². The van der Waals surface area contributed by atoms with E-state index in [4.69, 9.17) is 9.47 Å². The Labute approximate surface area is 140 Å². The van der Waals surface area contributed by atoms with Crippen molar-refractivity contribution >= 4 is 17.4 Å². The van der Waals surface area contributed by atoms with Gasteiger partial charge in [0.15, 0.2) is 11.5 Å². The van der Waals surface area contributed by atoms with Gasteiger partial charge in [0.25, 0.3) is 5.91 Å². The fourth-order valence-electron chi connectivity index (χ4n) is 2.42. The summed E-state index contributed by atoms with van der Waals surface area (Å²) in [6.45, 7) is 5.87. The quantitative estimate of drug-likeness (QED) is 0.878. The van der Waals surface area contributed by atoms with E-state index in [-0.39, 0.29) is 11.9 Å². The largest absolute Gasteiger partial charge is 0.493 e. The van der Waals surface area contributed by atoms with Gasteiger partial charge in [0.1, 0.15) is 4.88 Å². The lowest BCUT2D eigenvalue weighted by molar-refractivity contribution is 0.0942. The number of nitrogens with one attached hydrogen (secondary N) is 1. The van der Waals surface area contributed by atoms with Crippen molar-refractivity contribution in [3.05, 3.63) is 33.8 Å². The highest BCUT2D eigenvalue weighted by Crippen LogP contribution is 2.33. The third kappa shape index (κ3) is 3.61. The zero-order valence-electron chi connectivity index (χ0n) is 14.0. The van der Waals surface area contributed by atoms with Gasteiger partial charge >= 0.3 is 0 Å². The van der Waals surface area contributed by atoms with E-state index in [1.54, 1.807) is 14.2 Å². The summed E-state index contributed by atoms with van der Waals surface area (Å²) < 4.78 is 14.5. The van der Waals surface area contributed by atoms with Crippen molar-refractivity contribution < 1.29 is 14.3 Å². The Balaban J connectivity index is 2.23. The minimum Gasteiger partial charge on any atom is -0.493 e. The summed E-state index contributed by atoms with van der Waals surface area (Å²) in [5, 5.41) is 6.97. The first-order chi connectivity index (χ1) is 11.0. The number of aryl methyl sites for hydroxylation is 2. The van der Waals surface area contributed by atoms with Crippen LogP contribution in [-0.4, -0.2) is 29.7 Å². The molecule has 23 heavy (non-hydrogen) atoms. The third-order valence-corrected chi connectivity index (χ3v) is 4.45. The number of hydrogen-bond acceptors (Lipinski definition) is 6. The van der Waals surface area contributed by atoms with E-state index < -0.39 is 0 Å². The molecule has 0 aliphatic heterocycles. The van der Waals surface area contributed by atoms with E-state index in [9.17, 15) is 4.79 Å². The van der Waals surface area contributed by atoms with Gasteiger partial charge in [-0.05, 0) is 55.1 Å². The molecule has 0 bridgehead atoms. The van der Waals surface area contributed by atoms with Crippen LogP contribution in [0.2, 0.25) is 0 Å². The van der Waals surface area contributed by atoms with Crippen LogP contribution in [-0.2, 0) is 6.42 Å². The smallest absolute Gasteiger partial charge is 0.265 e. The van der Waals surface area contributed by atoms with Crippen LogP contribution in [0.15, 0.2) is 12.1 Å². The zero-order chi connectivity index (χ0) is 17.0. The van der Waals surface area contributed by atoms with E-state index in [0.717, 1.165) is 28.4 Å². The molecule has 0 spiro atoms. The average molecular weight is 335 g/mol. The number of benzene rings is 1. The van der Waals surface area contributed by atoms with Crippen LogP contribution in [0.4, 0.5) is 0 Å². The Hall–Kier alpha value is -2.15. The first kappa shape index (κ1) is 17.2. The summed E-state index contributed by atoms with van der Waals surface area (Å²) >= 11 is 1.12. The molecule has 1 N–H and O–H groups in total. The normalized spacial score (nSPS) is 11.9. The number of rotatable bonds is 6. The second-order valence-corrected chi connectivity index (χ2v) is 5.92. The maximum atomic E-state index is 12.4. The van der Waals surface area contributed by atoms with Gasteiger partial charge in [0.05, 0.1) is 26.0 Å². The Morgan fingerprint density at radius 2 is 1.96 bits per heavy atom. The summed E-state index contributed by atoms with van der Waals surface area (Å²) in [4.78, 5) is 13.0. The molecule has 0 saturated carbocycles. The van der Waals surface area contributed by atoms with E-state index >= 15 is 0 Å². The molecule has 6 nitrogen and oxygen atoms in total. The summed E-state index contributed by atoms with van der Waals surface area (Å²) in [6.07, 6.45) is 0.684. The van der Waals surface area contributed by atoms with E-state index in [2.05, 4.69) is 14.9 Å². The van der Waals surface area contributed by atoms with Crippen molar-refractivity contribution in [3.8, 4) is 11.5 Å². The lowest BCUT2D eigenvalue weighted by Gasteiger charge is -2.19. The highest BCUT2D eigenvalue weighted by Gasteiger charge is 2.20. The molecule has 7 heteroatoms. The molecule has 0 saturated heterocycles. The highest BCUT2D eigenvalue weighted by atomic mass is 32.1. The second-order valence-electron chi connectivity index (χ2n) is 5.16. The van der Waals surface area contributed by atoms with Crippen molar-refractivity contribution in [1.29, 1.82) is 0 Å². The van der Waals surface area contributed by atoms with Crippen molar-refractivity contribution in [1.82, 2.24) is 14.9 Å². The van der Waals surface area contributed by atoms with Crippen LogP contribution in [0.3, 0.4) is 0 Å². The highest BCUT2D eigenvalue weighted by molar-refractivity contribution is 7.08. The van der Waals surface area contributed by atoms with E-state index in [1.165, 1.54) is 0 Å². The van der Waals surface area contributed by atoms with Gasteiger partial charge in [-0.1, -0.05) is 11.4 Å². The fraction of sp³-hybridized carbons (Fsp3) is 0.438. The standard InChI is InChI=1S/C16H21N3O3S/c1-6-12-15(23-19-18-12)16(20)17-10(3)11-8-14(22-5)13(21-4)7-9(11)2/h7-8,10H,6H2,1-5H3,(H,17,20). The molecule has 1 amide bonds. The number of carbonyl (C=O) groups is 1. The minimum atomic E-state index is -0.172. The predicted octanol–water partition coefficient (Wildman–Crippen LogP) is 2.92. The fourth-order valence-corrected chi connectivity index (χ4v) is 3.07. The molecule has 124 valence electrons. The molecule has 2 rings (SSSR count). The summed E-state index contributed by atoms with van der Waals surface area (Å²) in [7, 11) is 3.20. The number of carbonyl (C=O) groups excluding carboxylic acids is 1. The van der Waals surface area contributed by atoms with E-state index in [1.807, 2.05) is 32.9 Å². The Bertz CT molecular complexity index is 700. The third-order valence-electron chi connectivity index (χ3n) is 3.68. The molecular formula is C16H21N3O3S. The number of methoxy groups -OCH3 is 2. The van der Waals surface area contributed by atoms with Crippen LogP contribution in [0.25, 0.3) is 0 Å².